The van der Waals surface area contributed by atoms with Gasteiger partial charge < -0.3 is 9.32 Å². The quantitative estimate of drug-likeness (QED) is 0.757. The number of anilines is 1. The number of primary sulfonamides is 1. The number of sulfonamides is 1. The van der Waals surface area contributed by atoms with Gasteiger partial charge in [-0.05, 0) is 48.6 Å². The third-order valence-corrected chi connectivity index (χ3v) is 6.12. The minimum atomic E-state index is -3.68. The average Bonchev–Trinajstić information content (AvgIpc) is 3.27. The number of nitrogens with zero attached hydrogens (tertiary/aromatic N) is 2. The lowest BCUT2D eigenvalue weighted by molar-refractivity contribution is 0.572. The monoisotopic (exact) mass is 375 g/mol. The number of benzene rings is 1. The SMILES string of the molecule is C[C@H]1Cc2cc(S(N)(=O)=O)ccc2N1Cc1coc(-c2cccs2)n1. The fourth-order valence-corrected chi connectivity index (χ4v) is 4.38. The van der Waals surface area contributed by atoms with Crippen molar-refractivity contribution in [3.05, 3.63) is 53.2 Å². The van der Waals surface area contributed by atoms with Crippen molar-refractivity contribution in [2.24, 2.45) is 5.14 Å². The molecule has 3 aromatic rings. The zero-order valence-corrected chi connectivity index (χ0v) is 15.2. The normalized spacial score (nSPS) is 17.0. The number of aromatic nitrogens is 1. The molecular weight excluding hydrogens is 358 g/mol. The maximum atomic E-state index is 11.5. The molecule has 0 unspecified atom stereocenters. The van der Waals surface area contributed by atoms with E-state index in [-0.39, 0.29) is 10.9 Å². The first-order valence-electron chi connectivity index (χ1n) is 7.82. The van der Waals surface area contributed by atoms with E-state index in [2.05, 4.69) is 16.8 Å². The van der Waals surface area contributed by atoms with E-state index in [9.17, 15) is 8.42 Å². The van der Waals surface area contributed by atoms with Crippen molar-refractivity contribution in [2.75, 3.05) is 4.90 Å². The molecule has 6 nitrogen and oxygen atoms in total. The molecule has 0 radical (unpaired) electrons. The van der Waals surface area contributed by atoms with E-state index in [1.807, 2.05) is 23.6 Å². The van der Waals surface area contributed by atoms with E-state index in [0.717, 1.165) is 28.2 Å². The van der Waals surface area contributed by atoms with Crippen LogP contribution in [0.25, 0.3) is 10.8 Å². The Morgan fingerprint density at radius 3 is 2.96 bits per heavy atom. The molecule has 0 fully saturated rings. The molecule has 1 aliphatic rings. The van der Waals surface area contributed by atoms with Gasteiger partial charge in [-0.15, -0.1) is 11.3 Å². The highest BCUT2D eigenvalue weighted by Gasteiger charge is 2.28. The van der Waals surface area contributed by atoms with E-state index in [1.165, 1.54) is 0 Å². The van der Waals surface area contributed by atoms with Crippen molar-refractivity contribution >= 4 is 27.0 Å². The van der Waals surface area contributed by atoms with Gasteiger partial charge in [0.1, 0.15) is 6.26 Å². The number of fused-ring (bicyclic) bond motifs is 1. The molecular formula is C17H17N3O3S2. The van der Waals surface area contributed by atoms with Crippen LogP contribution in [0.2, 0.25) is 0 Å². The van der Waals surface area contributed by atoms with Crippen molar-refractivity contribution in [1.82, 2.24) is 4.98 Å². The number of thiophene rings is 1. The first kappa shape index (κ1) is 16.3. The molecule has 4 rings (SSSR count). The van der Waals surface area contributed by atoms with Crippen LogP contribution in [-0.2, 0) is 23.0 Å². The van der Waals surface area contributed by atoms with E-state index in [0.29, 0.717) is 12.4 Å². The van der Waals surface area contributed by atoms with Gasteiger partial charge in [-0.1, -0.05) is 6.07 Å². The minimum Gasteiger partial charge on any atom is -0.443 e. The highest BCUT2D eigenvalue weighted by atomic mass is 32.2. The van der Waals surface area contributed by atoms with Gasteiger partial charge in [0.05, 0.1) is 22.0 Å². The Balaban J connectivity index is 1.60. The molecule has 0 saturated heterocycles. The summed E-state index contributed by atoms with van der Waals surface area (Å²) in [6.45, 7) is 2.72. The van der Waals surface area contributed by atoms with E-state index >= 15 is 0 Å². The highest BCUT2D eigenvalue weighted by molar-refractivity contribution is 7.89. The Hall–Kier alpha value is -2.16. The Morgan fingerprint density at radius 1 is 1.40 bits per heavy atom. The largest absolute Gasteiger partial charge is 0.443 e. The summed E-state index contributed by atoms with van der Waals surface area (Å²) < 4.78 is 28.7. The zero-order valence-electron chi connectivity index (χ0n) is 13.5. The van der Waals surface area contributed by atoms with Crippen LogP contribution in [0.15, 0.2) is 51.3 Å². The fourth-order valence-electron chi connectivity index (χ4n) is 3.16. The predicted molar refractivity (Wildman–Crippen MR) is 97.0 cm³/mol. The highest BCUT2D eigenvalue weighted by Crippen LogP contribution is 2.35. The molecule has 0 saturated carbocycles. The molecule has 0 spiro atoms. The summed E-state index contributed by atoms with van der Waals surface area (Å²) in [6.07, 6.45) is 2.45. The average molecular weight is 375 g/mol. The number of nitrogens with two attached hydrogens (primary N) is 1. The predicted octanol–water partition coefficient (Wildman–Crippen LogP) is 3.00. The lowest BCUT2D eigenvalue weighted by Gasteiger charge is -2.23. The summed E-state index contributed by atoms with van der Waals surface area (Å²) >= 11 is 1.59. The van der Waals surface area contributed by atoms with E-state index in [4.69, 9.17) is 9.56 Å². The smallest absolute Gasteiger partial charge is 0.238 e. The first-order valence-corrected chi connectivity index (χ1v) is 10.2. The van der Waals surface area contributed by atoms with Crippen molar-refractivity contribution in [3.8, 4) is 10.8 Å². The van der Waals surface area contributed by atoms with Crippen LogP contribution in [-0.4, -0.2) is 19.4 Å². The van der Waals surface area contributed by atoms with Crippen LogP contribution in [0.1, 0.15) is 18.2 Å². The summed E-state index contributed by atoms with van der Waals surface area (Å²) in [6, 6.07) is 9.22. The van der Waals surface area contributed by atoms with E-state index in [1.54, 1.807) is 29.7 Å². The summed E-state index contributed by atoms with van der Waals surface area (Å²) in [5.74, 6) is 0.627. The Morgan fingerprint density at radius 2 is 2.24 bits per heavy atom. The molecule has 130 valence electrons. The number of hydrogen-bond donors (Lipinski definition) is 1. The van der Waals surface area contributed by atoms with Gasteiger partial charge >= 0.3 is 0 Å². The van der Waals surface area contributed by atoms with Gasteiger partial charge in [0, 0.05) is 11.7 Å². The van der Waals surface area contributed by atoms with Crippen LogP contribution in [0, 0.1) is 0 Å². The molecule has 1 aliphatic heterocycles. The maximum Gasteiger partial charge on any atom is 0.238 e. The maximum absolute atomic E-state index is 11.5. The van der Waals surface area contributed by atoms with Crippen LogP contribution in [0.4, 0.5) is 5.69 Å². The van der Waals surface area contributed by atoms with Crippen LogP contribution in [0.5, 0.6) is 0 Å². The number of hydrogen-bond acceptors (Lipinski definition) is 6. The number of rotatable bonds is 4. The van der Waals surface area contributed by atoms with Crippen molar-refractivity contribution in [1.29, 1.82) is 0 Å². The van der Waals surface area contributed by atoms with Gasteiger partial charge in [0.25, 0.3) is 0 Å². The first-order chi connectivity index (χ1) is 11.9. The van der Waals surface area contributed by atoms with Crippen molar-refractivity contribution in [2.45, 2.75) is 30.8 Å². The molecule has 2 aromatic heterocycles. The van der Waals surface area contributed by atoms with Crippen LogP contribution in [0.3, 0.4) is 0 Å². The van der Waals surface area contributed by atoms with E-state index < -0.39 is 10.0 Å². The van der Waals surface area contributed by atoms with Gasteiger partial charge in [0.15, 0.2) is 0 Å². The third-order valence-electron chi connectivity index (χ3n) is 4.35. The summed E-state index contributed by atoms with van der Waals surface area (Å²) in [5, 5.41) is 7.22. The number of oxazole rings is 1. The minimum absolute atomic E-state index is 0.154. The van der Waals surface area contributed by atoms with Crippen molar-refractivity contribution < 1.29 is 12.8 Å². The standard InChI is InChI=1S/C17H17N3O3S2/c1-11-7-12-8-14(25(18,21)22)4-5-15(12)20(11)9-13-10-23-17(19-13)16-3-2-6-24-16/h2-6,8,10-11H,7,9H2,1H3,(H2,18,21,22)/t11-/m0/s1. The summed E-state index contributed by atoms with van der Waals surface area (Å²) in [4.78, 5) is 7.93. The fraction of sp³-hybridized carbons (Fsp3) is 0.235. The molecule has 1 atom stereocenters. The Labute approximate surface area is 150 Å². The molecule has 25 heavy (non-hydrogen) atoms. The summed E-state index contributed by atoms with van der Waals surface area (Å²) in [5.41, 5.74) is 2.85. The molecule has 0 aliphatic carbocycles. The Kier molecular flexibility index (Phi) is 3.90. The molecule has 3 heterocycles. The summed E-state index contributed by atoms with van der Waals surface area (Å²) in [7, 11) is -3.68. The van der Waals surface area contributed by atoms with Gasteiger partial charge in [-0.2, -0.15) is 0 Å². The molecule has 0 amide bonds. The van der Waals surface area contributed by atoms with Crippen LogP contribution < -0.4 is 10.0 Å². The molecule has 1 aromatic carbocycles. The van der Waals surface area contributed by atoms with Gasteiger partial charge in [0.2, 0.25) is 15.9 Å². The molecule has 2 N–H and O–H groups in total. The lowest BCUT2D eigenvalue weighted by Crippen LogP contribution is -2.28. The van der Waals surface area contributed by atoms with Crippen LogP contribution >= 0.6 is 11.3 Å². The lowest BCUT2D eigenvalue weighted by atomic mass is 10.1. The van der Waals surface area contributed by atoms with Gasteiger partial charge in [-0.25, -0.2) is 18.5 Å². The zero-order chi connectivity index (χ0) is 17.6. The molecule has 8 heteroatoms. The second-order valence-electron chi connectivity index (χ2n) is 6.14. The second kappa shape index (κ2) is 5.98. The topological polar surface area (TPSA) is 89.4 Å². The second-order valence-corrected chi connectivity index (χ2v) is 8.65. The Bertz CT molecular complexity index is 1010. The van der Waals surface area contributed by atoms with Gasteiger partial charge in [-0.3, -0.25) is 0 Å². The van der Waals surface area contributed by atoms with Crippen molar-refractivity contribution in [3.63, 3.8) is 0 Å². The third kappa shape index (κ3) is 3.08. The molecule has 0 bridgehead atoms.